The Bertz CT molecular complexity index is 729. The molecule has 26 heavy (non-hydrogen) atoms. The van der Waals surface area contributed by atoms with E-state index in [4.69, 9.17) is 0 Å². The van der Waals surface area contributed by atoms with Gasteiger partial charge in [0.1, 0.15) is 0 Å². The molecule has 0 aromatic carbocycles. The lowest BCUT2D eigenvalue weighted by atomic mass is 9.88. The van der Waals surface area contributed by atoms with Crippen molar-refractivity contribution in [2.75, 3.05) is 14.1 Å². The molecule has 0 bridgehead atoms. The second-order valence-electron chi connectivity index (χ2n) is 7.07. The van der Waals surface area contributed by atoms with E-state index in [0.29, 0.717) is 0 Å². The van der Waals surface area contributed by atoms with E-state index in [0.717, 1.165) is 45.2 Å². The third-order valence-electron chi connectivity index (χ3n) is 5.23. The molecule has 1 aliphatic carbocycles. The summed E-state index contributed by atoms with van der Waals surface area (Å²) < 4.78 is 0. The summed E-state index contributed by atoms with van der Waals surface area (Å²) in [7, 11) is 3.77. The van der Waals surface area contributed by atoms with Gasteiger partial charge in [0.15, 0.2) is 0 Å². The zero-order valence-electron chi connectivity index (χ0n) is 15.8. The minimum atomic E-state index is 0.0628. The average molecular weight is 391 g/mol. The topological polar surface area (TPSA) is 40.6 Å². The Labute approximate surface area is 163 Å². The van der Waals surface area contributed by atoms with E-state index < -0.39 is 0 Å². The number of thiophene rings is 2. The highest BCUT2D eigenvalue weighted by Crippen LogP contribution is 2.29. The zero-order valence-corrected chi connectivity index (χ0v) is 17.5. The number of aryl methyl sites for hydroxylation is 2. The van der Waals surface area contributed by atoms with Crippen molar-refractivity contribution in [3.63, 3.8) is 0 Å². The zero-order chi connectivity index (χ0) is 18.8. The van der Waals surface area contributed by atoms with Gasteiger partial charge in [-0.2, -0.15) is 0 Å². The van der Waals surface area contributed by atoms with Crippen LogP contribution in [0.15, 0.2) is 24.3 Å². The molecule has 0 radical (unpaired) electrons. The summed E-state index contributed by atoms with van der Waals surface area (Å²) in [6.45, 7) is 4.03. The largest absolute Gasteiger partial charge is 0.336 e. The van der Waals surface area contributed by atoms with Crippen molar-refractivity contribution >= 4 is 34.5 Å². The fourth-order valence-electron chi connectivity index (χ4n) is 3.74. The monoisotopic (exact) mass is 390 g/mol. The van der Waals surface area contributed by atoms with Crippen LogP contribution in [0.1, 0.15) is 54.8 Å². The van der Waals surface area contributed by atoms with Crippen LogP contribution in [0.4, 0.5) is 0 Å². The molecule has 1 saturated carbocycles. The van der Waals surface area contributed by atoms with Crippen LogP contribution in [0.2, 0.25) is 0 Å². The summed E-state index contributed by atoms with van der Waals surface area (Å²) in [5.74, 6) is 0.126. The van der Waals surface area contributed by atoms with Crippen LogP contribution in [0, 0.1) is 13.8 Å². The SMILES string of the molecule is Cc1ccc(C(=O)N(C)C2CCCCC2N(C)C(=O)c2ccc(C)s2)s1. The van der Waals surface area contributed by atoms with Crippen molar-refractivity contribution < 1.29 is 9.59 Å². The maximum atomic E-state index is 12.9. The molecule has 2 atom stereocenters. The lowest BCUT2D eigenvalue weighted by molar-refractivity contribution is 0.0426. The maximum absolute atomic E-state index is 12.9. The van der Waals surface area contributed by atoms with E-state index >= 15 is 0 Å². The molecule has 2 amide bonds. The molecule has 2 heterocycles. The van der Waals surface area contributed by atoms with Crippen molar-refractivity contribution in [1.82, 2.24) is 9.80 Å². The molecule has 3 rings (SSSR count). The van der Waals surface area contributed by atoms with Crippen LogP contribution < -0.4 is 0 Å². The molecule has 0 aliphatic heterocycles. The molecule has 1 aliphatic rings. The molecule has 0 N–H and O–H groups in total. The quantitative estimate of drug-likeness (QED) is 0.766. The van der Waals surface area contributed by atoms with Gasteiger partial charge in [-0.1, -0.05) is 12.8 Å². The van der Waals surface area contributed by atoms with E-state index in [9.17, 15) is 9.59 Å². The van der Waals surface area contributed by atoms with Gasteiger partial charge >= 0.3 is 0 Å². The fourth-order valence-corrected chi connectivity index (χ4v) is 5.44. The standard InChI is InChI=1S/C20H26N2O2S2/c1-13-9-11-17(25-13)19(23)21(3)15-7-5-6-8-16(15)22(4)20(24)18-12-10-14(2)26-18/h9-12,15-16H,5-8H2,1-4H3. The Balaban J connectivity index is 1.78. The lowest BCUT2D eigenvalue weighted by Gasteiger charge is -2.42. The Morgan fingerprint density at radius 1 is 0.808 bits per heavy atom. The smallest absolute Gasteiger partial charge is 0.263 e. The third-order valence-corrected chi connectivity index (χ3v) is 7.21. The number of rotatable bonds is 4. The van der Waals surface area contributed by atoms with Crippen LogP contribution in [0.3, 0.4) is 0 Å². The first-order valence-electron chi connectivity index (χ1n) is 9.05. The minimum Gasteiger partial charge on any atom is -0.336 e. The number of hydrogen-bond acceptors (Lipinski definition) is 4. The predicted molar refractivity (Wildman–Crippen MR) is 108 cm³/mol. The van der Waals surface area contributed by atoms with Gasteiger partial charge in [-0.3, -0.25) is 9.59 Å². The molecular formula is C20H26N2O2S2. The van der Waals surface area contributed by atoms with Crippen molar-refractivity contribution in [3.8, 4) is 0 Å². The Morgan fingerprint density at radius 2 is 1.19 bits per heavy atom. The Morgan fingerprint density at radius 3 is 1.50 bits per heavy atom. The highest BCUT2D eigenvalue weighted by molar-refractivity contribution is 7.14. The minimum absolute atomic E-state index is 0.0628. The molecule has 2 aromatic rings. The summed E-state index contributed by atoms with van der Waals surface area (Å²) in [6.07, 6.45) is 4.08. The van der Waals surface area contributed by atoms with Gasteiger partial charge in [0, 0.05) is 23.8 Å². The highest BCUT2D eigenvalue weighted by atomic mass is 32.1. The van der Waals surface area contributed by atoms with Crippen LogP contribution in [-0.4, -0.2) is 47.8 Å². The van der Waals surface area contributed by atoms with E-state index in [1.165, 1.54) is 22.7 Å². The van der Waals surface area contributed by atoms with Gasteiger partial charge in [0.2, 0.25) is 0 Å². The van der Waals surface area contributed by atoms with Crippen molar-refractivity contribution in [2.45, 2.75) is 51.6 Å². The van der Waals surface area contributed by atoms with Crippen molar-refractivity contribution in [1.29, 1.82) is 0 Å². The van der Waals surface area contributed by atoms with Crippen LogP contribution in [-0.2, 0) is 0 Å². The third kappa shape index (κ3) is 3.86. The van der Waals surface area contributed by atoms with Gasteiger partial charge in [-0.15, -0.1) is 22.7 Å². The van der Waals surface area contributed by atoms with Gasteiger partial charge in [-0.25, -0.2) is 0 Å². The fraction of sp³-hybridized carbons (Fsp3) is 0.500. The maximum Gasteiger partial charge on any atom is 0.263 e. The molecule has 2 unspecified atom stereocenters. The lowest BCUT2D eigenvalue weighted by Crippen LogP contribution is -2.54. The first-order valence-corrected chi connectivity index (χ1v) is 10.7. The van der Waals surface area contributed by atoms with Crippen LogP contribution in [0.25, 0.3) is 0 Å². The summed E-state index contributed by atoms with van der Waals surface area (Å²) in [5.41, 5.74) is 0. The van der Waals surface area contributed by atoms with E-state index in [1.54, 1.807) is 0 Å². The second kappa shape index (κ2) is 7.92. The number of carbonyl (C=O) groups excluding carboxylic acids is 2. The first kappa shape index (κ1) is 19.1. The molecule has 0 spiro atoms. The number of hydrogen-bond donors (Lipinski definition) is 0. The van der Waals surface area contributed by atoms with Gasteiger partial charge in [0.05, 0.1) is 21.8 Å². The molecule has 0 saturated heterocycles. The normalized spacial score (nSPS) is 20.0. The van der Waals surface area contributed by atoms with E-state index in [2.05, 4.69) is 0 Å². The number of likely N-dealkylation sites (N-methyl/N-ethyl adjacent to an activating group) is 2. The molecular weight excluding hydrogens is 364 g/mol. The average Bonchev–Trinajstić information content (AvgIpc) is 3.27. The predicted octanol–water partition coefficient (Wildman–Crippen LogP) is 4.58. The highest BCUT2D eigenvalue weighted by Gasteiger charge is 2.36. The van der Waals surface area contributed by atoms with Gasteiger partial charge < -0.3 is 9.80 Å². The van der Waals surface area contributed by atoms with Gasteiger partial charge in [-0.05, 0) is 51.0 Å². The molecule has 1 fully saturated rings. The van der Waals surface area contributed by atoms with E-state index in [-0.39, 0.29) is 23.9 Å². The Hall–Kier alpha value is -1.66. The number of nitrogens with zero attached hydrogens (tertiary/aromatic N) is 2. The molecule has 4 nitrogen and oxygen atoms in total. The number of amides is 2. The molecule has 2 aromatic heterocycles. The first-order chi connectivity index (χ1) is 12.4. The Kier molecular flexibility index (Phi) is 5.82. The van der Waals surface area contributed by atoms with Crippen LogP contribution in [0.5, 0.6) is 0 Å². The number of carbonyl (C=O) groups is 2. The van der Waals surface area contributed by atoms with E-state index in [1.807, 2.05) is 62.0 Å². The molecule has 6 heteroatoms. The van der Waals surface area contributed by atoms with Crippen LogP contribution >= 0.6 is 22.7 Å². The second-order valence-corrected chi connectivity index (χ2v) is 9.65. The molecule has 140 valence electrons. The summed E-state index contributed by atoms with van der Waals surface area (Å²) >= 11 is 3.07. The van der Waals surface area contributed by atoms with Gasteiger partial charge in [0.25, 0.3) is 11.8 Å². The van der Waals surface area contributed by atoms with Crippen molar-refractivity contribution in [3.05, 3.63) is 43.8 Å². The summed E-state index contributed by atoms with van der Waals surface area (Å²) in [5, 5.41) is 0. The summed E-state index contributed by atoms with van der Waals surface area (Å²) in [6, 6.07) is 7.90. The van der Waals surface area contributed by atoms with Crippen molar-refractivity contribution in [2.24, 2.45) is 0 Å². The summed E-state index contributed by atoms with van der Waals surface area (Å²) in [4.78, 5) is 33.4.